The highest BCUT2D eigenvalue weighted by Crippen LogP contribution is 2.32. The Hall–Kier alpha value is -2.17. The molecule has 1 aliphatic rings. The third-order valence-electron chi connectivity index (χ3n) is 4.82. The van der Waals surface area contributed by atoms with Gasteiger partial charge in [0.2, 0.25) is 0 Å². The maximum absolute atomic E-state index is 13.3. The highest BCUT2D eigenvalue weighted by atomic mass is 16.5. The molecule has 0 aromatic heterocycles. The first-order valence-corrected chi connectivity index (χ1v) is 8.90. The fraction of sp³-hybridized carbons (Fsp3) is 0.381. The number of carbonyl (C=O) groups excluding carboxylic acids is 1. The van der Waals surface area contributed by atoms with Crippen LogP contribution < -0.4 is 0 Å². The molecule has 1 aliphatic heterocycles. The van der Waals surface area contributed by atoms with Crippen LogP contribution >= 0.6 is 0 Å². The van der Waals surface area contributed by atoms with Gasteiger partial charge >= 0.3 is 0 Å². The molecule has 0 bridgehead atoms. The summed E-state index contributed by atoms with van der Waals surface area (Å²) >= 11 is 0. The predicted molar refractivity (Wildman–Crippen MR) is 97.1 cm³/mol. The minimum absolute atomic E-state index is 0.204. The van der Waals surface area contributed by atoms with E-state index in [-0.39, 0.29) is 12.0 Å². The molecular formula is C21H25NO3. The molecule has 1 N–H and O–H groups in total. The van der Waals surface area contributed by atoms with E-state index < -0.39 is 5.60 Å². The molecule has 0 aliphatic carbocycles. The molecule has 2 aromatic carbocycles. The van der Waals surface area contributed by atoms with Crippen LogP contribution in [0.2, 0.25) is 0 Å². The molecular weight excluding hydrogens is 314 g/mol. The summed E-state index contributed by atoms with van der Waals surface area (Å²) in [7, 11) is 0. The van der Waals surface area contributed by atoms with E-state index in [1.165, 1.54) is 0 Å². The van der Waals surface area contributed by atoms with E-state index in [9.17, 15) is 9.90 Å². The van der Waals surface area contributed by atoms with Gasteiger partial charge in [-0.25, -0.2) is 0 Å². The molecule has 3 rings (SSSR count). The number of amides is 1. The van der Waals surface area contributed by atoms with Gasteiger partial charge in [-0.05, 0) is 30.9 Å². The van der Waals surface area contributed by atoms with Crippen molar-refractivity contribution in [2.24, 2.45) is 0 Å². The highest BCUT2D eigenvalue weighted by Gasteiger charge is 2.43. The van der Waals surface area contributed by atoms with Crippen molar-refractivity contribution in [1.82, 2.24) is 4.90 Å². The van der Waals surface area contributed by atoms with Crippen LogP contribution in [0.25, 0.3) is 0 Å². The Morgan fingerprint density at radius 3 is 1.96 bits per heavy atom. The molecule has 25 heavy (non-hydrogen) atoms. The highest BCUT2D eigenvalue weighted by molar-refractivity contribution is 5.90. The lowest BCUT2D eigenvalue weighted by Crippen LogP contribution is -2.51. The summed E-state index contributed by atoms with van der Waals surface area (Å²) in [5.74, 6) is -0.264. The Labute approximate surface area is 149 Å². The summed E-state index contributed by atoms with van der Waals surface area (Å²) in [6.45, 7) is 3.88. The monoisotopic (exact) mass is 339 g/mol. The number of likely N-dealkylation sites (tertiary alicyclic amines) is 1. The van der Waals surface area contributed by atoms with Gasteiger partial charge in [0.1, 0.15) is 0 Å². The van der Waals surface area contributed by atoms with E-state index in [0.29, 0.717) is 30.8 Å². The first-order valence-electron chi connectivity index (χ1n) is 8.90. The lowest BCUT2D eigenvalue weighted by atomic mass is 9.84. The standard InChI is InChI=1S/C21H25NO3/c1-2-25-19-13-15-22(16-14-19)20(23)21(24,17-9-5-3-6-10-17)18-11-7-4-8-12-18/h3-12,19,24H,2,13-16H2,1H3. The van der Waals surface area contributed by atoms with E-state index in [1.54, 1.807) is 29.2 Å². The van der Waals surface area contributed by atoms with Crippen molar-refractivity contribution in [2.45, 2.75) is 31.5 Å². The van der Waals surface area contributed by atoms with Gasteiger partial charge in [0.15, 0.2) is 5.60 Å². The second kappa shape index (κ2) is 7.81. The number of piperidine rings is 1. The van der Waals surface area contributed by atoms with Crippen molar-refractivity contribution in [1.29, 1.82) is 0 Å². The van der Waals surface area contributed by atoms with E-state index in [2.05, 4.69) is 0 Å². The molecule has 4 nitrogen and oxygen atoms in total. The molecule has 0 unspecified atom stereocenters. The van der Waals surface area contributed by atoms with Crippen LogP contribution in [0.5, 0.6) is 0 Å². The molecule has 0 saturated carbocycles. The zero-order chi connectivity index (χ0) is 17.7. The van der Waals surface area contributed by atoms with Crippen molar-refractivity contribution in [3.63, 3.8) is 0 Å². The van der Waals surface area contributed by atoms with Gasteiger partial charge in [0.25, 0.3) is 5.91 Å². The zero-order valence-corrected chi connectivity index (χ0v) is 14.6. The quantitative estimate of drug-likeness (QED) is 0.911. The number of ether oxygens (including phenoxy) is 1. The number of carbonyl (C=O) groups is 1. The largest absolute Gasteiger partial charge is 0.378 e. The summed E-state index contributed by atoms with van der Waals surface area (Å²) in [5, 5.41) is 11.5. The van der Waals surface area contributed by atoms with Crippen LogP contribution in [0.3, 0.4) is 0 Å². The molecule has 132 valence electrons. The smallest absolute Gasteiger partial charge is 0.263 e. The average molecular weight is 339 g/mol. The van der Waals surface area contributed by atoms with Gasteiger partial charge in [0, 0.05) is 19.7 Å². The van der Waals surface area contributed by atoms with Crippen molar-refractivity contribution >= 4 is 5.91 Å². The number of benzene rings is 2. The lowest BCUT2D eigenvalue weighted by molar-refractivity contribution is -0.150. The Morgan fingerprint density at radius 1 is 1.04 bits per heavy atom. The van der Waals surface area contributed by atoms with Gasteiger partial charge in [-0.3, -0.25) is 4.79 Å². The normalized spacial score (nSPS) is 16.0. The van der Waals surface area contributed by atoms with Crippen molar-refractivity contribution < 1.29 is 14.6 Å². The van der Waals surface area contributed by atoms with Crippen LogP contribution in [0.1, 0.15) is 30.9 Å². The first kappa shape index (κ1) is 17.6. The zero-order valence-electron chi connectivity index (χ0n) is 14.6. The topological polar surface area (TPSA) is 49.8 Å². The van der Waals surface area contributed by atoms with E-state index in [0.717, 1.165) is 12.8 Å². The second-order valence-corrected chi connectivity index (χ2v) is 6.39. The Morgan fingerprint density at radius 2 is 1.52 bits per heavy atom. The van der Waals surface area contributed by atoms with Gasteiger partial charge in [0.05, 0.1) is 6.10 Å². The van der Waals surface area contributed by atoms with Crippen LogP contribution in [0.4, 0.5) is 0 Å². The molecule has 1 saturated heterocycles. The summed E-state index contributed by atoms with van der Waals surface area (Å²) in [6.07, 6.45) is 1.81. The minimum Gasteiger partial charge on any atom is -0.378 e. The first-order chi connectivity index (χ1) is 12.2. The SMILES string of the molecule is CCOC1CCN(C(=O)C(O)(c2ccccc2)c2ccccc2)CC1. The summed E-state index contributed by atoms with van der Waals surface area (Å²) in [6, 6.07) is 18.4. The minimum atomic E-state index is -1.67. The molecule has 0 spiro atoms. The molecule has 0 atom stereocenters. The lowest BCUT2D eigenvalue weighted by Gasteiger charge is -2.38. The molecule has 4 heteroatoms. The number of nitrogens with zero attached hydrogens (tertiary/aromatic N) is 1. The van der Waals surface area contributed by atoms with Crippen molar-refractivity contribution in [3.05, 3.63) is 71.8 Å². The van der Waals surface area contributed by atoms with Crippen LogP contribution in [0, 0.1) is 0 Å². The third kappa shape index (κ3) is 3.60. The van der Waals surface area contributed by atoms with Gasteiger partial charge in [-0.2, -0.15) is 0 Å². The van der Waals surface area contributed by atoms with E-state index >= 15 is 0 Å². The molecule has 2 aromatic rings. The van der Waals surface area contributed by atoms with Gasteiger partial charge in [-0.15, -0.1) is 0 Å². The Bertz CT molecular complexity index is 639. The summed E-state index contributed by atoms with van der Waals surface area (Å²) < 4.78 is 5.67. The van der Waals surface area contributed by atoms with E-state index in [4.69, 9.17) is 4.74 Å². The number of aliphatic hydroxyl groups is 1. The van der Waals surface area contributed by atoms with Crippen molar-refractivity contribution in [3.8, 4) is 0 Å². The molecule has 0 radical (unpaired) electrons. The van der Waals surface area contributed by atoms with Gasteiger partial charge < -0.3 is 14.7 Å². The molecule has 1 heterocycles. The summed E-state index contributed by atoms with van der Waals surface area (Å²) in [4.78, 5) is 15.1. The maximum atomic E-state index is 13.3. The number of hydrogen-bond donors (Lipinski definition) is 1. The van der Waals surface area contributed by atoms with Crippen LogP contribution in [-0.4, -0.2) is 41.7 Å². The fourth-order valence-electron chi connectivity index (χ4n) is 3.46. The fourth-order valence-corrected chi connectivity index (χ4v) is 3.46. The maximum Gasteiger partial charge on any atom is 0.263 e. The second-order valence-electron chi connectivity index (χ2n) is 6.39. The Kier molecular flexibility index (Phi) is 5.51. The number of hydrogen-bond acceptors (Lipinski definition) is 3. The third-order valence-corrected chi connectivity index (χ3v) is 4.82. The Balaban J connectivity index is 1.89. The van der Waals surface area contributed by atoms with Crippen molar-refractivity contribution in [2.75, 3.05) is 19.7 Å². The predicted octanol–water partition coefficient (Wildman–Crippen LogP) is 2.95. The van der Waals surface area contributed by atoms with E-state index in [1.807, 2.05) is 43.3 Å². The molecule has 1 amide bonds. The average Bonchev–Trinajstić information content (AvgIpc) is 2.69. The van der Waals surface area contributed by atoms with Crippen LogP contribution in [-0.2, 0) is 15.1 Å². The summed E-state index contributed by atoms with van der Waals surface area (Å²) in [5.41, 5.74) is -0.475. The number of rotatable bonds is 5. The molecule has 1 fully saturated rings. The van der Waals surface area contributed by atoms with Gasteiger partial charge in [-0.1, -0.05) is 60.7 Å². The van der Waals surface area contributed by atoms with Crippen LogP contribution in [0.15, 0.2) is 60.7 Å².